The van der Waals surface area contributed by atoms with E-state index in [-0.39, 0.29) is 58.7 Å². The van der Waals surface area contributed by atoms with Gasteiger partial charge in [-0.3, -0.25) is 13.9 Å². The summed E-state index contributed by atoms with van der Waals surface area (Å²) in [7, 11) is 0. The van der Waals surface area contributed by atoms with E-state index in [1.54, 1.807) is 28.0 Å². The second kappa shape index (κ2) is 12.9. The lowest BCUT2D eigenvalue weighted by Crippen LogP contribution is -2.54. The maximum absolute atomic E-state index is 13.9. The molecule has 0 unspecified atom stereocenters. The topological polar surface area (TPSA) is 149 Å². The molecule has 13 nitrogen and oxygen atoms in total. The summed E-state index contributed by atoms with van der Waals surface area (Å²) in [6, 6.07) is 6.68. The zero-order valence-corrected chi connectivity index (χ0v) is 25.1. The van der Waals surface area contributed by atoms with Gasteiger partial charge < -0.3 is 25.8 Å². The van der Waals surface area contributed by atoms with E-state index in [0.717, 1.165) is 24.2 Å². The number of hydrogen-bond donors (Lipinski definition) is 3. The van der Waals surface area contributed by atoms with Crippen molar-refractivity contribution in [3.05, 3.63) is 59.3 Å². The molecular formula is C29H29ClF3N11O2. The van der Waals surface area contributed by atoms with E-state index in [2.05, 4.69) is 31.0 Å². The first-order valence-electron chi connectivity index (χ1n) is 14.6. The fourth-order valence-corrected chi connectivity index (χ4v) is 5.80. The number of aromatic nitrogens is 5. The number of nitrogens with zero attached hydrogens (tertiary/aromatic N) is 8. The van der Waals surface area contributed by atoms with Gasteiger partial charge in [0.25, 0.3) is 5.91 Å². The number of alkyl halides is 3. The molecule has 17 heteroatoms. The maximum atomic E-state index is 13.9. The van der Waals surface area contributed by atoms with Crippen molar-refractivity contribution in [1.82, 2.24) is 44.6 Å². The monoisotopic (exact) mass is 655 g/mol. The molecular weight excluding hydrogens is 627 g/mol. The Hall–Kier alpha value is -4.88. The van der Waals surface area contributed by atoms with Gasteiger partial charge in [0.15, 0.2) is 17.2 Å². The molecule has 2 saturated heterocycles. The molecule has 2 aliphatic heterocycles. The van der Waals surface area contributed by atoms with Crippen molar-refractivity contribution in [2.45, 2.75) is 31.6 Å². The number of fused-ring (bicyclic) bond motifs is 1. The minimum absolute atomic E-state index is 0.00442. The zero-order valence-electron chi connectivity index (χ0n) is 24.4. The molecule has 240 valence electrons. The Morgan fingerprint density at radius 3 is 2.63 bits per heavy atom. The van der Waals surface area contributed by atoms with Crippen molar-refractivity contribution in [3.8, 4) is 17.3 Å². The number of aryl methyl sites for hydroxylation is 1. The molecule has 6 rings (SSSR count). The molecule has 0 spiro atoms. The Morgan fingerprint density at radius 2 is 1.93 bits per heavy atom. The first-order chi connectivity index (χ1) is 22.1. The van der Waals surface area contributed by atoms with Crippen LogP contribution in [0.4, 0.5) is 29.5 Å². The molecule has 1 aromatic carbocycles. The van der Waals surface area contributed by atoms with E-state index < -0.39 is 11.9 Å². The van der Waals surface area contributed by atoms with Crippen molar-refractivity contribution in [2.24, 2.45) is 0 Å². The molecule has 0 aliphatic carbocycles. The molecule has 46 heavy (non-hydrogen) atoms. The molecule has 3 aromatic heterocycles. The minimum atomic E-state index is -4.73. The molecule has 3 amide bonds. The second-order valence-corrected chi connectivity index (χ2v) is 11.3. The number of urea groups is 1. The Bertz CT molecular complexity index is 1800. The largest absolute Gasteiger partial charge is 0.435 e. The molecule has 1 atom stereocenters. The van der Waals surface area contributed by atoms with Gasteiger partial charge in [0.1, 0.15) is 0 Å². The first-order valence-corrected chi connectivity index (χ1v) is 15.0. The minimum Gasteiger partial charge on any atom is -0.337 e. The highest BCUT2D eigenvalue weighted by Gasteiger charge is 2.38. The van der Waals surface area contributed by atoms with Crippen molar-refractivity contribution in [3.63, 3.8) is 0 Å². The van der Waals surface area contributed by atoms with Crippen LogP contribution in [0.15, 0.2) is 43.0 Å². The number of carbonyl (C=O) groups is 2. The predicted molar refractivity (Wildman–Crippen MR) is 161 cm³/mol. The van der Waals surface area contributed by atoms with Crippen LogP contribution in [0.25, 0.3) is 16.9 Å². The Balaban J connectivity index is 1.15. The van der Waals surface area contributed by atoms with Gasteiger partial charge >= 0.3 is 12.2 Å². The van der Waals surface area contributed by atoms with E-state index in [4.69, 9.17) is 16.9 Å². The number of nitrogens with one attached hydrogen (secondary N) is 3. The molecule has 4 aromatic rings. The van der Waals surface area contributed by atoms with E-state index in [1.807, 2.05) is 6.07 Å². The molecule has 2 aliphatic rings. The third kappa shape index (κ3) is 6.42. The number of piperazine rings is 1. The Morgan fingerprint density at radius 1 is 1.15 bits per heavy atom. The summed E-state index contributed by atoms with van der Waals surface area (Å²) in [5, 5.41) is 22.0. The van der Waals surface area contributed by atoms with Crippen LogP contribution in [-0.4, -0.2) is 91.2 Å². The van der Waals surface area contributed by atoms with Gasteiger partial charge in [0.2, 0.25) is 0 Å². The maximum Gasteiger partial charge on any atom is 0.435 e. The van der Waals surface area contributed by atoms with Crippen LogP contribution in [0, 0.1) is 11.3 Å². The number of imidazole rings is 1. The third-order valence-corrected chi connectivity index (χ3v) is 8.20. The van der Waals surface area contributed by atoms with Gasteiger partial charge in [-0.2, -0.15) is 23.5 Å². The fourth-order valence-electron chi connectivity index (χ4n) is 5.53. The first kappa shape index (κ1) is 31.1. The number of hydrogen-bond acceptors (Lipinski definition) is 8. The van der Waals surface area contributed by atoms with Gasteiger partial charge in [0.05, 0.1) is 47.1 Å². The van der Waals surface area contributed by atoms with Crippen LogP contribution in [0.1, 0.15) is 28.9 Å². The van der Waals surface area contributed by atoms with E-state index in [9.17, 15) is 22.8 Å². The summed E-state index contributed by atoms with van der Waals surface area (Å²) in [5.74, 6) is -0.0115. The van der Waals surface area contributed by atoms with E-state index >= 15 is 0 Å². The highest BCUT2D eigenvalue weighted by Crippen LogP contribution is 2.37. The standard InChI is InChI=1S/C29H29ClF3N11O2/c30-22-14-18(2-3-20(22)27(45)41-10-12-42(13-11-41)28(46)39-19-4-6-35-15-19)38-25-26-37-16-23(44(26)9-7-36-25)21-17-43(8-1-5-34)40-24(21)29(31,32)33/h2-3,7,9,14,16-17,19,35H,1,4,6,8,10-13,15H2,(H,36,38)(H,39,46)/t19-/m1/s1. The molecule has 3 N–H and O–H groups in total. The van der Waals surface area contributed by atoms with Crippen molar-refractivity contribution < 1.29 is 22.8 Å². The second-order valence-electron chi connectivity index (χ2n) is 10.9. The Labute approximate surface area is 265 Å². The number of anilines is 2. The highest BCUT2D eigenvalue weighted by molar-refractivity contribution is 6.34. The SMILES string of the molecule is N#CCCn1cc(-c2cnc3c(Nc4ccc(C(=O)N5CCN(C(=O)N[C@@H]6CCNC6)CC5)c(Cl)c4)nccn23)c(C(F)(F)F)n1. The molecule has 2 fully saturated rings. The lowest BCUT2D eigenvalue weighted by atomic mass is 10.1. The lowest BCUT2D eigenvalue weighted by Gasteiger charge is -2.35. The van der Waals surface area contributed by atoms with Crippen molar-refractivity contribution in [2.75, 3.05) is 44.6 Å². The number of rotatable bonds is 7. The van der Waals surface area contributed by atoms with Gasteiger partial charge in [-0.1, -0.05) is 11.6 Å². The van der Waals surface area contributed by atoms with Gasteiger partial charge in [-0.05, 0) is 31.2 Å². The highest BCUT2D eigenvalue weighted by atomic mass is 35.5. The summed E-state index contributed by atoms with van der Waals surface area (Å²) in [4.78, 5) is 37.8. The molecule has 0 bridgehead atoms. The average Bonchev–Trinajstić information content (AvgIpc) is 3.80. The average molecular weight is 656 g/mol. The molecule has 0 radical (unpaired) electrons. The summed E-state index contributed by atoms with van der Waals surface area (Å²) < 4.78 is 44.1. The number of nitriles is 1. The number of carbonyl (C=O) groups excluding carboxylic acids is 2. The van der Waals surface area contributed by atoms with Gasteiger partial charge in [-0.25, -0.2) is 14.8 Å². The quantitative estimate of drug-likeness (QED) is 0.273. The number of halogens is 4. The van der Waals surface area contributed by atoms with Crippen LogP contribution < -0.4 is 16.0 Å². The molecule has 5 heterocycles. The van der Waals surface area contributed by atoms with Crippen LogP contribution >= 0.6 is 11.6 Å². The Kier molecular flexibility index (Phi) is 8.69. The van der Waals surface area contributed by atoms with Crippen LogP contribution in [0.5, 0.6) is 0 Å². The number of benzene rings is 1. The summed E-state index contributed by atoms with van der Waals surface area (Å²) in [5.41, 5.74) is -0.106. The number of amides is 3. The zero-order chi connectivity index (χ0) is 32.4. The third-order valence-electron chi connectivity index (χ3n) is 7.89. The molecule has 0 saturated carbocycles. The normalized spacial score (nSPS) is 16.9. The lowest BCUT2D eigenvalue weighted by molar-refractivity contribution is -0.141. The van der Waals surface area contributed by atoms with Crippen LogP contribution in [0.2, 0.25) is 5.02 Å². The fraction of sp³-hybridized carbons (Fsp3) is 0.379. The summed E-state index contributed by atoms with van der Waals surface area (Å²) >= 11 is 6.54. The van der Waals surface area contributed by atoms with Gasteiger partial charge in [0, 0.05) is 63.0 Å². The van der Waals surface area contributed by atoms with Crippen LogP contribution in [0.3, 0.4) is 0 Å². The van der Waals surface area contributed by atoms with E-state index in [0.29, 0.717) is 37.4 Å². The van der Waals surface area contributed by atoms with Crippen LogP contribution in [-0.2, 0) is 12.7 Å². The van der Waals surface area contributed by atoms with Crippen molar-refractivity contribution >= 4 is 40.7 Å². The smallest absolute Gasteiger partial charge is 0.337 e. The predicted octanol–water partition coefficient (Wildman–Crippen LogP) is 3.75. The van der Waals surface area contributed by atoms with Crippen molar-refractivity contribution in [1.29, 1.82) is 5.26 Å². The van der Waals surface area contributed by atoms with E-state index in [1.165, 1.54) is 29.2 Å². The summed E-state index contributed by atoms with van der Waals surface area (Å²) in [6.07, 6.45) is 1.61. The van der Waals surface area contributed by atoms with Gasteiger partial charge in [-0.15, -0.1) is 0 Å². The summed E-state index contributed by atoms with van der Waals surface area (Å²) in [6.45, 7) is 3.19.